The van der Waals surface area contributed by atoms with Crippen molar-refractivity contribution in [3.8, 4) is 0 Å². The van der Waals surface area contributed by atoms with Gasteiger partial charge in [0.2, 0.25) is 0 Å². The number of ether oxygens (including phenoxy) is 1. The molecule has 5 heteroatoms. The van der Waals surface area contributed by atoms with Crippen LogP contribution in [0.3, 0.4) is 0 Å². The van der Waals surface area contributed by atoms with E-state index >= 15 is 0 Å². The highest BCUT2D eigenvalue weighted by Crippen LogP contribution is 2.23. The first-order valence-corrected chi connectivity index (χ1v) is 6.67. The molecule has 1 fully saturated rings. The zero-order valence-corrected chi connectivity index (χ0v) is 10.3. The number of hydrogen-bond donors (Lipinski definition) is 1. The maximum Gasteiger partial charge on any atom is 0.130 e. The second-order valence-corrected chi connectivity index (χ2v) is 4.76. The Hall–Kier alpha value is -0.810. The minimum absolute atomic E-state index is 0.405. The summed E-state index contributed by atoms with van der Waals surface area (Å²) in [6.07, 6.45) is 4.38. The van der Waals surface area contributed by atoms with Gasteiger partial charge in [-0.3, -0.25) is 0 Å². The summed E-state index contributed by atoms with van der Waals surface area (Å²) >= 11 is 1.74. The van der Waals surface area contributed by atoms with Gasteiger partial charge in [0.25, 0.3) is 0 Å². The van der Waals surface area contributed by atoms with Crippen molar-refractivity contribution in [3.05, 3.63) is 12.4 Å². The van der Waals surface area contributed by atoms with Crippen LogP contribution in [-0.2, 0) is 4.74 Å². The molecule has 1 aliphatic heterocycles. The molecule has 0 aromatic carbocycles. The largest absolute Gasteiger partial charge is 0.377 e. The number of rotatable bonds is 5. The van der Waals surface area contributed by atoms with E-state index in [1.807, 2.05) is 6.07 Å². The van der Waals surface area contributed by atoms with E-state index in [4.69, 9.17) is 4.74 Å². The van der Waals surface area contributed by atoms with Gasteiger partial charge in [0.1, 0.15) is 17.2 Å². The summed E-state index contributed by atoms with van der Waals surface area (Å²) in [5.41, 5.74) is 0. The zero-order valence-electron chi connectivity index (χ0n) is 9.48. The Morgan fingerprint density at radius 3 is 3.25 bits per heavy atom. The third-order valence-electron chi connectivity index (χ3n) is 2.44. The van der Waals surface area contributed by atoms with Gasteiger partial charge in [0.15, 0.2) is 0 Å². The van der Waals surface area contributed by atoms with Gasteiger partial charge in [-0.05, 0) is 19.8 Å². The standard InChI is InChI=1S/C11H17N3OS/c1-2-12-10-6-11(14-8-13-10)16-7-9-4-3-5-15-9/h6,8-9H,2-5,7H2,1H3,(H,12,13,14). The lowest BCUT2D eigenvalue weighted by atomic mass is 10.3. The molecule has 1 atom stereocenters. The number of hydrogen-bond acceptors (Lipinski definition) is 5. The van der Waals surface area contributed by atoms with E-state index in [1.165, 1.54) is 12.8 Å². The van der Waals surface area contributed by atoms with Crippen LogP contribution in [0.4, 0.5) is 5.82 Å². The zero-order chi connectivity index (χ0) is 11.2. The van der Waals surface area contributed by atoms with Gasteiger partial charge in [-0.1, -0.05) is 0 Å². The quantitative estimate of drug-likeness (QED) is 0.630. The predicted molar refractivity (Wildman–Crippen MR) is 65.9 cm³/mol. The molecule has 1 unspecified atom stereocenters. The van der Waals surface area contributed by atoms with E-state index in [0.717, 1.165) is 29.7 Å². The maximum atomic E-state index is 5.57. The molecular weight excluding hydrogens is 222 g/mol. The van der Waals surface area contributed by atoms with E-state index in [2.05, 4.69) is 22.2 Å². The molecule has 0 amide bonds. The minimum Gasteiger partial charge on any atom is -0.377 e. The second kappa shape index (κ2) is 6.06. The lowest BCUT2D eigenvalue weighted by molar-refractivity contribution is 0.129. The normalized spacial score (nSPS) is 19.9. The van der Waals surface area contributed by atoms with Crippen molar-refractivity contribution in [2.24, 2.45) is 0 Å². The second-order valence-electron chi connectivity index (χ2n) is 3.72. The van der Waals surface area contributed by atoms with Gasteiger partial charge in [0, 0.05) is 25.0 Å². The third-order valence-corrected chi connectivity index (χ3v) is 3.50. The van der Waals surface area contributed by atoms with Crippen LogP contribution in [0.2, 0.25) is 0 Å². The summed E-state index contributed by atoms with van der Waals surface area (Å²) in [7, 11) is 0. The first-order chi connectivity index (χ1) is 7.88. The molecule has 1 saturated heterocycles. The smallest absolute Gasteiger partial charge is 0.130 e. The average molecular weight is 239 g/mol. The van der Waals surface area contributed by atoms with Crippen LogP contribution < -0.4 is 5.32 Å². The average Bonchev–Trinajstić information content (AvgIpc) is 2.80. The van der Waals surface area contributed by atoms with E-state index in [-0.39, 0.29) is 0 Å². The summed E-state index contributed by atoms with van der Waals surface area (Å²) in [6.45, 7) is 3.85. The van der Waals surface area contributed by atoms with E-state index in [9.17, 15) is 0 Å². The summed E-state index contributed by atoms with van der Waals surface area (Å²) in [4.78, 5) is 8.38. The van der Waals surface area contributed by atoms with Gasteiger partial charge < -0.3 is 10.1 Å². The fourth-order valence-corrected chi connectivity index (χ4v) is 2.59. The molecule has 0 saturated carbocycles. The summed E-state index contributed by atoms with van der Waals surface area (Å²) < 4.78 is 5.57. The lowest BCUT2D eigenvalue weighted by Crippen LogP contribution is -2.08. The lowest BCUT2D eigenvalue weighted by Gasteiger charge is -2.08. The van der Waals surface area contributed by atoms with Gasteiger partial charge in [-0.2, -0.15) is 0 Å². The molecule has 1 aromatic heterocycles. The van der Waals surface area contributed by atoms with Crippen LogP contribution in [0.25, 0.3) is 0 Å². The summed E-state index contributed by atoms with van der Waals surface area (Å²) in [5, 5.41) is 4.20. The monoisotopic (exact) mass is 239 g/mol. The number of anilines is 1. The Bertz CT molecular complexity index is 329. The molecule has 2 rings (SSSR count). The Labute approximate surface area is 100 Å². The SMILES string of the molecule is CCNc1cc(SCC2CCCO2)ncn1. The van der Waals surface area contributed by atoms with Crippen molar-refractivity contribution in [2.45, 2.75) is 30.9 Å². The van der Waals surface area contributed by atoms with E-state index < -0.39 is 0 Å². The number of thioether (sulfide) groups is 1. The minimum atomic E-state index is 0.405. The fourth-order valence-electron chi connectivity index (χ4n) is 1.65. The third kappa shape index (κ3) is 3.35. The maximum absolute atomic E-state index is 5.57. The van der Waals surface area contributed by atoms with Crippen molar-refractivity contribution in [1.82, 2.24) is 9.97 Å². The van der Waals surface area contributed by atoms with Crippen molar-refractivity contribution >= 4 is 17.6 Å². The Kier molecular flexibility index (Phi) is 4.42. The van der Waals surface area contributed by atoms with Crippen LogP contribution >= 0.6 is 11.8 Å². The van der Waals surface area contributed by atoms with Crippen LogP contribution in [0.1, 0.15) is 19.8 Å². The van der Waals surface area contributed by atoms with Crippen LogP contribution in [0.15, 0.2) is 17.4 Å². The van der Waals surface area contributed by atoms with Gasteiger partial charge in [-0.25, -0.2) is 9.97 Å². The number of aromatic nitrogens is 2. The molecule has 0 aliphatic carbocycles. The van der Waals surface area contributed by atoms with Gasteiger partial charge in [0.05, 0.1) is 6.10 Å². The molecule has 88 valence electrons. The van der Waals surface area contributed by atoms with Crippen molar-refractivity contribution < 1.29 is 4.74 Å². The van der Waals surface area contributed by atoms with Crippen molar-refractivity contribution in [2.75, 3.05) is 24.2 Å². The molecule has 1 N–H and O–H groups in total. The number of nitrogens with zero attached hydrogens (tertiary/aromatic N) is 2. The Morgan fingerprint density at radius 2 is 2.50 bits per heavy atom. The molecule has 16 heavy (non-hydrogen) atoms. The molecule has 4 nitrogen and oxygen atoms in total. The molecule has 1 aliphatic rings. The highest BCUT2D eigenvalue weighted by Gasteiger charge is 2.15. The highest BCUT2D eigenvalue weighted by molar-refractivity contribution is 7.99. The number of nitrogens with one attached hydrogen (secondary N) is 1. The molecule has 0 bridgehead atoms. The predicted octanol–water partition coefficient (Wildman–Crippen LogP) is 2.18. The Morgan fingerprint density at radius 1 is 1.56 bits per heavy atom. The van der Waals surface area contributed by atoms with Crippen LogP contribution in [0, 0.1) is 0 Å². The van der Waals surface area contributed by atoms with Crippen molar-refractivity contribution in [3.63, 3.8) is 0 Å². The Balaban J connectivity index is 1.85. The first kappa shape index (κ1) is 11.7. The topological polar surface area (TPSA) is 47.0 Å². The van der Waals surface area contributed by atoms with Crippen LogP contribution in [-0.4, -0.2) is 35.0 Å². The van der Waals surface area contributed by atoms with Crippen LogP contribution in [0.5, 0.6) is 0 Å². The van der Waals surface area contributed by atoms with Crippen molar-refractivity contribution in [1.29, 1.82) is 0 Å². The molecule has 0 spiro atoms. The molecule has 2 heterocycles. The summed E-state index contributed by atoms with van der Waals surface area (Å²) in [5.74, 6) is 1.88. The first-order valence-electron chi connectivity index (χ1n) is 5.69. The summed E-state index contributed by atoms with van der Waals surface area (Å²) in [6, 6.07) is 1.99. The van der Waals surface area contributed by atoms with E-state index in [0.29, 0.717) is 6.10 Å². The van der Waals surface area contributed by atoms with Gasteiger partial charge in [-0.15, -0.1) is 11.8 Å². The highest BCUT2D eigenvalue weighted by atomic mass is 32.2. The molecular formula is C11H17N3OS. The molecule has 1 aromatic rings. The fraction of sp³-hybridized carbons (Fsp3) is 0.636. The van der Waals surface area contributed by atoms with Gasteiger partial charge >= 0.3 is 0 Å². The van der Waals surface area contributed by atoms with E-state index in [1.54, 1.807) is 18.1 Å². The molecule has 0 radical (unpaired) electrons.